The number of rotatable bonds is 4. The van der Waals surface area contributed by atoms with Crippen molar-refractivity contribution in [2.45, 2.75) is 38.3 Å². The minimum Gasteiger partial charge on any atom is -0.462 e. The summed E-state index contributed by atoms with van der Waals surface area (Å²) >= 11 is 0. The lowest BCUT2D eigenvalue weighted by Gasteiger charge is -2.17. The maximum atomic E-state index is 11.4. The number of ether oxygens (including phenoxy) is 1. The van der Waals surface area contributed by atoms with Crippen molar-refractivity contribution >= 4 is 11.8 Å². The van der Waals surface area contributed by atoms with Crippen LogP contribution in [0.25, 0.3) is 0 Å². The normalized spacial score (nSPS) is 22.8. The molecule has 2 unspecified atom stereocenters. The zero-order valence-electron chi connectivity index (χ0n) is 10.6. The highest BCUT2D eigenvalue weighted by atomic mass is 16.5. The minimum atomic E-state index is -0.339. The molecule has 1 fully saturated rings. The van der Waals surface area contributed by atoms with E-state index in [1.807, 2.05) is 0 Å². The van der Waals surface area contributed by atoms with Gasteiger partial charge < -0.3 is 15.8 Å². The molecule has 0 radical (unpaired) electrons. The Labute approximate surface area is 107 Å². The molecule has 0 bridgehead atoms. The number of carbonyl (C=O) groups is 1. The average molecular weight is 249 g/mol. The smallest absolute Gasteiger partial charge is 0.339 e. The van der Waals surface area contributed by atoms with Gasteiger partial charge in [0.1, 0.15) is 5.82 Å². The first-order chi connectivity index (χ1) is 8.70. The van der Waals surface area contributed by atoms with Gasteiger partial charge in [0.05, 0.1) is 12.2 Å². The van der Waals surface area contributed by atoms with Gasteiger partial charge in [-0.25, -0.2) is 9.78 Å². The first kappa shape index (κ1) is 12.8. The number of nitrogens with two attached hydrogens (primary N) is 1. The Morgan fingerprint density at radius 3 is 2.94 bits per heavy atom. The van der Waals surface area contributed by atoms with Crippen LogP contribution in [0.4, 0.5) is 5.82 Å². The molecule has 0 saturated heterocycles. The molecule has 18 heavy (non-hydrogen) atoms. The SMILES string of the molecule is CCOC(=O)c1ccc(NC2CCCC2N)nc1. The molecule has 5 nitrogen and oxygen atoms in total. The molecule has 1 aliphatic rings. The molecule has 5 heteroatoms. The number of esters is 1. The van der Waals surface area contributed by atoms with E-state index in [-0.39, 0.29) is 18.1 Å². The number of anilines is 1. The fourth-order valence-electron chi connectivity index (χ4n) is 2.17. The van der Waals surface area contributed by atoms with Gasteiger partial charge in [-0.05, 0) is 38.3 Å². The fraction of sp³-hybridized carbons (Fsp3) is 0.538. The summed E-state index contributed by atoms with van der Waals surface area (Å²) in [5.41, 5.74) is 6.45. The van der Waals surface area contributed by atoms with Crippen LogP contribution < -0.4 is 11.1 Å². The third-order valence-electron chi connectivity index (χ3n) is 3.18. The second-order valence-corrected chi connectivity index (χ2v) is 4.50. The number of nitrogens with zero attached hydrogens (tertiary/aromatic N) is 1. The van der Waals surface area contributed by atoms with Crippen molar-refractivity contribution in [3.05, 3.63) is 23.9 Å². The zero-order chi connectivity index (χ0) is 13.0. The van der Waals surface area contributed by atoms with Crippen LogP contribution in [0, 0.1) is 0 Å². The van der Waals surface area contributed by atoms with Gasteiger partial charge in [-0.1, -0.05) is 0 Å². The van der Waals surface area contributed by atoms with E-state index in [0.29, 0.717) is 12.2 Å². The van der Waals surface area contributed by atoms with Crippen molar-refractivity contribution in [1.29, 1.82) is 0 Å². The Morgan fingerprint density at radius 2 is 2.39 bits per heavy atom. The molecule has 3 N–H and O–H groups in total. The number of pyridine rings is 1. The van der Waals surface area contributed by atoms with Crippen molar-refractivity contribution in [1.82, 2.24) is 4.98 Å². The summed E-state index contributed by atoms with van der Waals surface area (Å²) in [6, 6.07) is 3.98. The highest BCUT2D eigenvalue weighted by Gasteiger charge is 2.23. The van der Waals surface area contributed by atoms with Gasteiger partial charge in [0.25, 0.3) is 0 Å². The van der Waals surface area contributed by atoms with E-state index in [9.17, 15) is 4.79 Å². The Balaban J connectivity index is 1.97. The van der Waals surface area contributed by atoms with Crippen molar-refractivity contribution in [3.63, 3.8) is 0 Å². The summed E-state index contributed by atoms with van der Waals surface area (Å²) in [5, 5.41) is 3.30. The summed E-state index contributed by atoms with van der Waals surface area (Å²) in [4.78, 5) is 15.7. The van der Waals surface area contributed by atoms with Crippen LogP contribution in [-0.4, -0.2) is 29.6 Å². The van der Waals surface area contributed by atoms with Gasteiger partial charge >= 0.3 is 5.97 Å². The third kappa shape index (κ3) is 2.98. The van der Waals surface area contributed by atoms with Crippen LogP contribution in [0.15, 0.2) is 18.3 Å². The molecule has 1 aromatic rings. The second kappa shape index (κ2) is 5.82. The molecule has 0 spiro atoms. The number of hydrogen-bond acceptors (Lipinski definition) is 5. The summed E-state index contributed by atoms with van der Waals surface area (Å²) in [7, 11) is 0. The maximum absolute atomic E-state index is 11.4. The topological polar surface area (TPSA) is 77.2 Å². The van der Waals surface area contributed by atoms with Gasteiger partial charge in [0.2, 0.25) is 0 Å². The van der Waals surface area contributed by atoms with Crippen LogP contribution >= 0.6 is 0 Å². The Morgan fingerprint density at radius 1 is 1.56 bits per heavy atom. The fourth-order valence-corrected chi connectivity index (χ4v) is 2.17. The van der Waals surface area contributed by atoms with Crippen LogP contribution in [0.5, 0.6) is 0 Å². The van der Waals surface area contributed by atoms with Crippen LogP contribution in [-0.2, 0) is 4.74 Å². The highest BCUT2D eigenvalue weighted by Crippen LogP contribution is 2.20. The van der Waals surface area contributed by atoms with Crippen molar-refractivity contribution in [3.8, 4) is 0 Å². The standard InChI is InChI=1S/C13H19N3O2/c1-2-18-13(17)9-6-7-12(15-8-9)16-11-5-3-4-10(11)14/h6-8,10-11H,2-5,14H2,1H3,(H,15,16). The average Bonchev–Trinajstić information content (AvgIpc) is 2.76. The molecule has 1 heterocycles. The number of nitrogens with one attached hydrogen (secondary N) is 1. The highest BCUT2D eigenvalue weighted by molar-refractivity contribution is 5.89. The largest absolute Gasteiger partial charge is 0.462 e. The monoisotopic (exact) mass is 249 g/mol. The molecular formula is C13H19N3O2. The van der Waals surface area contributed by atoms with Crippen LogP contribution in [0.3, 0.4) is 0 Å². The van der Waals surface area contributed by atoms with E-state index in [0.717, 1.165) is 25.1 Å². The van der Waals surface area contributed by atoms with E-state index in [1.54, 1.807) is 19.1 Å². The second-order valence-electron chi connectivity index (χ2n) is 4.50. The molecule has 2 atom stereocenters. The van der Waals surface area contributed by atoms with Gasteiger partial charge in [0, 0.05) is 18.3 Å². The predicted molar refractivity (Wildman–Crippen MR) is 69.4 cm³/mol. The molecular weight excluding hydrogens is 230 g/mol. The Bertz CT molecular complexity index is 405. The van der Waals surface area contributed by atoms with E-state index < -0.39 is 0 Å². The molecule has 1 aliphatic carbocycles. The van der Waals surface area contributed by atoms with Gasteiger partial charge in [-0.15, -0.1) is 0 Å². The summed E-state index contributed by atoms with van der Waals surface area (Å²) in [6.07, 6.45) is 4.81. The lowest BCUT2D eigenvalue weighted by molar-refractivity contribution is 0.0526. The third-order valence-corrected chi connectivity index (χ3v) is 3.18. The Kier molecular flexibility index (Phi) is 4.15. The van der Waals surface area contributed by atoms with Crippen LogP contribution in [0.1, 0.15) is 36.5 Å². The first-order valence-corrected chi connectivity index (χ1v) is 6.36. The van der Waals surface area contributed by atoms with Gasteiger partial charge in [-0.2, -0.15) is 0 Å². The first-order valence-electron chi connectivity index (χ1n) is 6.36. The molecule has 1 saturated carbocycles. The van der Waals surface area contributed by atoms with Crippen LogP contribution in [0.2, 0.25) is 0 Å². The van der Waals surface area contributed by atoms with Crippen molar-refractivity contribution in [2.24, 2.45) is 5.73 Å². The zero-order valence-corrected chi connectivity index (χ0v) is 10.6. The number of hydrogen-bond donors (Lipinski definition) is 2. The maximum Gasteiger partial charge on any atom is 0.339 e. The molecule has 0 aromatic carbocycles. The molecule has 1 aromatic heterocycles. The molecule has 98 valence electrons. The van der Waals surface area contributed by atoms with Crippen molar-refractivity contribution < 1.29 is 9.53 Å². The number of aromatic nitrogens is 1. The van der Waals surface area contributed by atoms with Crippen molar-refractivity contribution in [2.75, 3.05) is 11.9 Å². The van der Waals surface area contributed by atoms with E-state index >= 15 is 0 Å². The summed E-state index contributed by atoms with van der Waals surface area (Å²) < 4.78 is 4.90. The Hall–Kier alpha value is -1.62. The van der Waals surface area contributed by atoms with E-state index in [4.69, 9.17) is 10.5 Å². The molecule has 0 aliphatic heterocycles. The molecule has 0 amide bonds. The van der Waals surface area contributed by atoms with Gasteiger partial charge in [-0.3, -0.25) is 0 Å². The van der Waals surface area contributed by atoms with E-state index in [2.05, 4.69) is 10.3 Å². The lowest BCUT2D eigenvalue weighted by atomic mass is 10.2. The quantitative estimate of drug-likeness (QED) is 0.792. The number of carbonyl (C=O) groups excluding carboxylic acids is 1. The van der Waals surface area contributed by atoms with E-state index in [1.165, 1.54) is 6.20 Å². The predicted octanol–water partition coefficient (Wildman–Crippen LogP) is 1.55. The summed E-state index contributed by atoms with van der Waals surface area (Å²) in [5.74, 6) is 0.416. The molecule has 2 rings (SSSR count). The minimum absolute atomic E-state index is 0.191. The lowest BCUT2D eigenvalue weighted by Crippen LogP contribution is -2.35. The van der Waals surface area contributed by atoms with Gasteiger partial charge in [0.15, 0.2) is 0 Å². The summed E-state index contributed by atoms with van der Waals surface area (Å²) in [6.45, 7) is 2.15.